The molecule has 0 aliphatic carbocycles. The van der Waals surface area contributed by atoms with Crippen LogP contribution in [-0.4, -0.2) is 23.5 Å². The lowest BCUT2D eigenvalue weighted by Gasteiger charge is -2.11. The summed E-state index contributed by atoms with van der Waals surface area (Å²) in [7, 11) is 0. The highest BCUT2D eigenvalue weighted by Crippen LogP contribution is 2.22. The van der Waals surface area contributed by atoms with Gasteiger partial charge in [-0.05, 0) is 24.3 Å². The van der Waals surface area contributed by atoms with Crippen molar-refractivity contribution >= 4 is 40.9 Å². The minimum atomic E-state index is -0.637. The summed E-state index contributed by atoms with van der Waals surface area (Å²) in [6.45, 7) is -0.306. The van der Waals surface area contributed by atoms with Crippen molar-refractivity contribution in [2.45, 2.75) is 6.61 Å². The molecule has 0 bridgehead atoms. The van der Waals surface area contributed by atoms with Gasteiger partial charge in [0, 0.05) is 11.8 Å². The molecule has 1 amide bonds. The van der Waals surface area contributed by atoms with Crippen LogP contribution in [-0.2, 0) is 16.1 Å². The fourth-order valence-electron chi connectivity index (χ4n) is 2.41. The summed E-state index contributed by atoms with van der Waals surface area (Å²) in [5, 5.41) is 2.99. The lowest BCUT2D eigenvalue weighted by atomic mass is 10.1. The first kappa shape index (κ1) is 20.6. The van der Waals surface area contributed by atoms with Crippen LogP contribution in [0.15, 0.2) is 66.9 Å². The van der Waals surface area contributed by atoms with Gasteiger partial charge in [0.2, 0.25) is 0 Å². The van der Waals surface area contributed by atoms with E-state index in [-0.39, 0.29) is 17.4 Å². The van der Waals surface area contributed by atoms with Crippen molar-refractivity contribution in [2.24, 2.45) is 0 Å². The Hall–Kier alpha value is -3.09. The molecule has 1 heterocycles. The largest absolute Gasteiger partial charge is 0.489 e. The van der Waals surface area contributed by atoms with Crippen molar-refractivity contribution in [3.05, 3.63) is 88.0 Å². The van der Waals surface area contributed by atoms with E-state index in [1.54, 1.807) is 24.3 Å². The number of pyridine rings is 1. The van der Waals surface area contributed by atoms with Gasteiger partial charge in [-0.15, -0.1) is 0 Å². The number of amides is 1. The molecule has 1 aromatic heterocycles. The SMILES string of the molecule is O=C(COC(=O)c1ccccc1COc1ccccc1)Nc1ncc(Cl)cc1Cl. The lowest BCUT2D eigenvalue weighted by molar-refractivity contribution is -0.119. The van der Waals surface area contributed by atoms with Crippen molar-refractivity contribution in [2.75, 3.05) is 11.9 Å². The van der Waals surface area contributed by atoms with E-state index < -0.39 is 18.5 Å². The van der Waals surface area contributed by atoms with Crippen molar-refractivity contribution in [1.82, 2.24) is 4.98 Å². The third kappa shape index (κ3) is 5.94. The molecule has 0 saturated carbocycles. The van der Waals surface area contributed by atoms with Gasteiger partial charge in [-0.1, -0.05) is 59.6 Å². The van der Waals surface area contributed by atoms with Gasteiger partial charge in [0.05, 0.1) is 15.6 Å². The zero-order valence-electron chi connectivity index (χ0n) is 15.1. The van der Waals surface area contributed by atoms with Crippen molar-refractivity contribution < 1.29 is 19.1 Å². The van der Waals surface area contributed by atoms with Crippen LogP contribution in [0.1, 0.15) is 15.9 Å². The fraction of sp³-hybridized carbons (Fsp3) is 0.0952. The Morgan fingerprint density at radius 2 is 1.72 bits per heavy atom. The monoisotopic (exact) mass is 430 g/mol. The van der Waals surface area contributed by atoms with Crippen LogP contribution in [0, 0.1) is 0 Å². The molecule has 0 saturated heterocycles. The van der Waals surface area contributed by atoms with Gasteiger partial charge in [-0.2, -0.15) is 0 Å². The average Bonchev–Trinajstić information content (AvgIpc) is 2.73. The molecule has 0 spiro atoms. The smallest absolute Gasteiger partial charge is 0.339 e. The number of hydrogen-bond acceptors (Lipinski definition) is 5. The molecule has 6 nitrogen and oxygen atoms in total. The molecular weight excluding hydrogens is 415 g/mol. The van der Waals surface area contributed by atoms with E-state index in [1.165, 1.54) is 12.3 Å². The third-order valence-corrected chi connectivity index (χ3v) is 4.27. The maximum absolute atomic E-state index is 12.4. The number of rotatable bonds is 7. The minimum Gasteiger partial charge on any atom is -0.489 e. The van der Waals surface area contributed by atoms with Gasteiger partial charge in [-0.3, -0.25) is 4.79 Å². The topological polar surface area (TPSA) is 77.5 Å². The molecule has 0 aliphatic rings. The van der Waals surface area contributed by atoms with Crippen LogP contribution >= 0.6 is 23.2 Å². The second-order valence-corrected chi connectivity index (χ2v) is 6.71. The van der Waals surface area contributed by atoms with Crippen molar-refractivity contribution in [1.29, 1.82) is 0 Å². The Labute approximate surface area is 177 Å². The lowest BCUT2D eigenvalue weighted by Crippen LogP contribution is -2.22. The highest BCUT2D eigenvalue weighted by atomic mass is 35.5. The number of carbonyl (C=O) groups is 2. The van der Waals surface area contributed by atoms with Gasteiger partial charge < -0.3 is 14.8 Å². The number of nitrogens with one attached hydrogen (secondary N) is 1. The Bertz CT molecular complexity index is 1010. The Morgan fingerprint density at radius 3 is 2.48 bits per heavy atom. The number of benzene rings is 2. The van der Waals surface area contributed by atoms with Crippen molar-refractivity contribution in [3.8, 4) is 5.75 Å². The summed E-state index contributed by atoms with van der Waals surface area (Å²) in [5.74, 6) is -0.396. The fourth-order valence-corrected chi connectivity index (χ4v) is 2.83. The van der Waals surface area contributed by atoms with Crippen molar-refractivity contribution in [3.63, 3.8) is 0 Å². The molecule has 0 atom stereocenters. The molecule has 0 aliphatic heterocycles. The van der Waals surface area contributed by atoms with E-state index in [0.29, 0.717) is 21.9 Å². The highest BCUT2D eigenvalue weighted by Gasteiger charge is 2.15. The quantitative estimate of drug-likeness (QED) is 0.546. The molecule has 0 fully saturated rings. The van der Waals surface area contributed by atoms with E-state index >= 15 is 0 Å². The molecule has 3 rings (SSSR count). The number of nitrogens with zero attached hydrogens (tertiary/aromatic N) is 1. The summed E-state index contributed by atoms with van der Waals surface area (Å²) in [6.07, 6.45) is 1.35. The molecule has 0 radical (unpaired) electrons. The van der Waals surface area contributed by atoms with E-state index in [4.69, 9.17) is 32.7 Å². The number of hydrogen-bond donors (Lipinski definition) is 1. The van der Waals surface area contributed by atoms with E-state index in [0.717, 1.165) is 0 Å². The van der Waals surface area contributed by atoms with Gasteiger partial charge in [-0.25, -0.2) is 9.78 Å². The van der Waals surface area contributed by atoms with Gasteiger partial charge in [0.1, 0.15) is 12.4 Å². The first-order chi connectivity index (χ1) is 14.0. The van der Waals surface area contributed by atoms with E-state index in [2.05, 4.69) is 10.3 Å². The predicted molar refractivity (Wildman–Crippen MR) is 110 cm³/mol. The number of para-hydroxylation sites is 1. The first-order valence-electron chi connectivity index (χ1n) is 8.56. The van der Waals surface area contributed by atoms with Gasteiger partial charge in [0.15, 0.2) is 12.4 Å². The summed E-state index contributed by atoms with van der Waals surface area (Å²) in [4.78, 5) is 28.4. The second-order valence-electron chi connectivity index (χ2n) is 5.87. The zero-order valence-corrected chi connectivity index (χ0v) is 16.6. The Morgan fingerprint density at radius 1 is 1.00 bits per heavy atom. The molecule has 3 aromatic rings. The molecule has 8 heteroatoms. The third-order valence-electron chi connectivity index (χ3n) is 3.77. The van der Waals surface area contributed by atoms with Crippen LogP contribution < -0.4 is 10.1 Å². The number of esters is 1. The van der Waals surface area contributed by atoms with Crippen LogP contribution in [0.4, 0.5) is 5.82 Å². The summed E-state index contributed by atoms with van der Waals surface area (Å²) in [6, 6.07) is 17.6. The van der Waals surface area contributed by atoms with Crippen LogP contribution in [0.5, 0.6) is 5.75 Å². The standard InChI is InChI=1S/C21H16Cl2N2O4/c22-15-10-18(23)20(24-11-15)25-19(26)13-29-21(27)17-9-5-4-6-14(17)12-28-16-7-2-1-3-8-16/h1-11H,12-13H2,(H,24,25,26). The molecule has 0 unspecified atom stereocenters. The number of ether oxygens (including phenoxy) is 2. The molecule has 2 aromatic carbocycles. The minimum absolute atomic E-state index is 0.133. The molecule has 1 N–H and O–H groups in total. The zero-order chi connectivity index (χ0) is 20.6. The van der Waals surface area contributed by atoms with Gasteiger partial charge >= 0.3 is 5.97 Å². The molecular formula is C21H16Cl2N2O4. The van der Waals surface area contributed by atoms with E-state index in [1.807, 2.05) is 30.3 Å². The number of halogens is 2. The van der Waals surface area contributed by atoms with Crippen LogP contribution in [0.2, 0.25) is 10.0 Å². The summed E-state index contributed by atoms with van der Waals surface area (Å²) < 4.78 is 10.8. The summed E-state index contributed by atoms with van der Waals surface area (Å²) in [5.41, 5.74) is 0.961. The van der Waals surface area contributed by atoms with E-state index in [9.17, 15) is 9.59 Å². The van der Waals surface area contributed by atoms with Gasteiger partial charge in [0.25, 0.3) is 5.91 Å². The highest BCUT2D eigenvalue weighted by molar-refractivity contribution is 6.36. The second kappa shape index (κ2) is 9.91. The number of carbonyl (C=O) groups excluding carboxylic acids is 2. The van der Waals surface area contributed by atoms with Crippen LogP contribution in [0.25, 0.3) is 0 Å². The predicted octanol–water partition coefficient (Wildman–Crippen LogP) is 4.76. The average molecular weight is 431 g/mol. The number of anilines is 1. The first-order valence-corrected chi connectivity index (χ1v) is 9.32. The Balaban J connectivity index is 1.58. The Kier molecular flexibility index (Phi) is 7.05. The maximum atomic E-state index is 12.4. The molecule has 29 heavy (non-hydrogen) atoms. The molecule has 148 valence electrons. The normalized spacial score (nSPS) is 10.3. The number of aromatic nitrogens is 1. The van der Waals surface area contributed by atoms with Crippen LogP contribution in [0.3, 0.4) is 0 Å². The summed E-state index contributed by atoms with van der Waals surface area (Å²) >= 11 is 11.7. The maximum Gasteiger partial charge on any atom is 0.339 e.